The summed E-state index contributed by atoms with van der Waals surface area (Å²) in [4.78, 5) is 14.6. The second-order valence-corrected chi connectivity index (χ2v) is 7.30. The molecule has 3 rings (SSSR count). The molecule has 0 unspecified atom stereocenters. The van der Waals surface area contributed by atoms with Gasteiger partial charge in [0.25, 0.3) is 0 Å². The number of anilines is 1. The zero-order valence-electron chi connectivity index (χ0n) is 14.9. The second kappa shape index (κ2) is 10.1. The van der Waals surface area contributed by atoms with Crippen molar-refractivity contribution in [2.45, 2.75) is 12.7 Å². The molecule has 3 N–H and O–H groups in total. The lowest BCUT2D eigenvalue weighted by atomic mass is 10.3. The Kier molecular flexibility index (Phi) is 7.83. The van der Waals surface area contributed by atoms with Crippen molar-refractivity contribution in [3.8, 4) is 17.6 Å². The van der Waals surface area contributed by atoms with Gasteiger partial charge in [0, 0.05) is 15.8 Å². The number of thiazole rings is 1. The van der Waals surface area contributed by atoms with E-state index >= 15 is 0 Å². The van der Waals surface area contributed by atoms with E-state index in [4.69, 9.17) is 19.7 Å². The number of hydrogen-bond donors (Lipinski definition) is 3. The van der Waals surface area contributed by atoms with Gasteiger partial charge in [0.2, 0.25) is 0 Å². The number of hydrogen-bond acceptors (Lipinski definition) is 7. The number of carboxylic acids is 1. The molecule has 0 spiro atoms. The van der Waals surface area contributed by atoms with Crippen LogP contribution >= 0.6 is 22.7 Å². The Balaban J connectivity index is 0.000000370. The Hall–Kier alpha value is -2.81. The third-order valence-corrected chi connectivity index (χ3v) is 5.13. The predicted octanol–water partition coefficient (Wildman–Crippen LogP) is 3.96. The molecule has 0 aliphatic heterocycles. The largest absolute Gasteiger partial charge is 0.497 e. The number of aliphatic hydroxyl groups excluding tert-OH is 1. The van der Waals surface area contributed by atoms with Gasteiger partial charge in [-0.05, 0) is 24.3 Å². The average molecular weight is 444 g/mol. The van der Waals surface area contributed by atoms with Crippen molar-refractivity contribution in [2.24, 2.45) is 0 Å². The average Bonchev–Trinajstić information content (AvgIpc) is 3.29. The molecule has 0 bridgehead atoms. The number of aromatic nitrogens is 1. The number of benzene rings is 1. The second-order valence-electron chi connectivity index (χ2n) is 5.27. The number of methoxy groups -OCH3 is 1. The van der Waals surface area contributed by atoms with Gasteiger partial charge >= 0.3 is 12.1 Å². The van der Waals surface area contributed by atoms with Crippen molar-refractivity contribution in [1.29, 1.82) is 0 Å². The van der Waals surface area contributed by atoms with Crippen LogP contribution in [0.2, 0.25) is 0 Å². The van der Waals surface area contributed by atoms with Gasteiger partial charge < -0.3 is 20.3 Å². The van der Waals surface area contributed by atoms with E-state index in [1.54, 1.807) is 29.8 Å². The molecule has 0 aliphatic rings. The van der Waals surface area contributed by atoms with E-state index in [0.717, 1.165) is 26.7 Å². The van der Waals surface area contributed by atoms with Crippen molar-refractivity contribution >= 4 is 44.0 Å². The minimum Gasteiger partial charge on any atom is -0.497 e. The zero-order valence-corrected chi connectivity index (χ0v) is 16.5. The fourth-order valence-corrected chi connectivity index (χ4v) is 3.60. The van der Waals surface area contributed by atoms with Crippen LogP contribution in [0.25, 0.3) is 10.2 Å². The maximum absolute atomic E-state index is 10.6. The van der Waals surface area contributed by atoms with Crippen LogP contribution in [0, 0.1) is 11.8 Å². The third kappa shape index (κ3) is 6.94. The van der Waals surface area contributed by atoms with Crippen molar-refractivity contribution in [1.82, 2.24) is 4.98 Å². The molecule has 0 saturated heterocycles. The van der Waals surface area contributed by atoms with E-state index in [9.17, 15) is 13.2 Å². The molecule has 1 aromatic carbocycles. The number of halogens is 3. The van der Waals surface area contributed by atoms with Crippen LogP contribution in [0.15, 0.2) is 29.6 Å². The van der Waals surface area contributed by atoms with Gasteiger partial charge in [-0.15, -0.1) is 11.3 Å². The molecule has 11 heteroatoms. The predicted molar refractivity (Wildman–Crippen MR) is 105 cm³/mol. The summed E-state index contributed by atoms with van der Waals surface area (Å²) in [5, 5.41) is 22.0. The highest BCUT2D eigenvalue weighted by atomic mass is 32.1. The fourth-order valence-electron chi connectivity index (χ4n) is 1.95. The van der Waals surface area contributed by atoms with Crippen molar-refractivity contribution in [3.05, 3.63) is 40.1 Å². The number of fused-ring (bicyclic) bond motifs is 1. The maximum Gasteiger partial charge on any atom is 0.490 e. The molecule has 29 heavy (non-hydrogen) atoms. The van der Waals surface area contributed by atoms with Crippen LogP contribution in [0.4, 0.5) is 18.3 Å². The summed E-state index contributed by atoms with van der Waals surface area (Å²) in [6.07, 6.45) is -5.08. The summed E-state index contributed by atoms with van der Waals surface area (Å²) in [5.74, 6) is 3.64. The Morgan fingerprint density at radius 2 is 2.07 bits per heavy atom. The van der Waals surface area contributed by atoms with Gasteiger partial charge in [-0.1, -0.05) is 23.2 Å². The first-order valence-electron chi connectivity index (χ1n) is 7.88. The standard InChI is InChI=1S/C16H14N2O2S2.C2HF3O2/c1-20-12-4-5-14-15(8-12)22-16(18-14)17-9-13-7-11(10-21-13)3-2-6-19;3-2(4,5)1(6)7/h4-5,7-8,10,19H,6,9H2,1H3,(H,17,18);(H,6,7). The highest BCUT2D eigenvalue weighted by Crippen LogP contribution is 2.29. The number of nitrogens with one attached hydrogen (secondary N) is 1. The van der Waals surface area contributed by atoms with Gasteiger partial charge in [0.15, 0.2) is 5.13 Å². The summed E-state index contributed by atoms with van der Waals surface area (Å²) < 4.78 is 38.1. The van der Waals surface area contributed by atoms with E-state index < -0.39 is 12.1 Å². The minimum atomic E-state index is -5.08. The number of rotatable bonds is 4. The molecular weight excluding hydrogens is 429 g/mol. The molecule has 6 nitrogen and oxygen atoms in total. The monoisotopic (exact) mass is 444 g/mol. The molecule has 0 radical (unpaired) electrons. The molecule has 154 valence electrons. The highest BCUT2D eigenvalue weighted by Gasteiger charge is 2.38. The Bertz CT molecular complexity index is 1040. The highest BCUT2D eigenvalue weighted by molar-refractivity contribution is 7.22. The SMILES string of the molecule is COc1ccc2nc(NCc3cc(C#CCO)cs3)sc2c1.O=C(O)C(F)(F)F. The normalized spacial score (nSPS) is 10.5. The lowest BCUT2D eigenvalue weighted by Crippen LogP contribution is -2.21. The number of thiophene rings is 1. The Labute approximate surface area is 171 Å². The molecule has 0 saturated carbocycles. The summed E-state index contributed by atoms with van der Waals surface area (Å²) >= 11 is 3.25. The fraction of sp³-hybridized carbons (Fsp3) is 0.222. The van der Waals surface area contributed by atoms with Crippen LogP contribution in [0.3, 0.4) is 0 Å². The maximum atomic E-state index is 10.6. The molecule has 0 fully saturated rings. The number of nitrogens with zero attached hydrogens (tertiary/aromatic N) is 1. The molecule has 0 aliphatic carbocycles. The topological polar surface area (TPSA) is 91.7 Å². The Morgan fingerprint density at radius 3 is 2.69 bits per heavy atom. The molecular formula is C18H15F3N2O4S2. The van der Waals surface area contributed by atoms with Gasteiger partial charge in [0.1, 0.15) is 12.4 Å². The number of aliphatic hydroxyl groups is 1. The summed E-state index contributed by atoms with van der Waals surface area (Å²) in [5.41, 5.74) is 1.90. The Morgan fingerprint density at radius 1 is 1.34 bits per heavy atom. The van der Waals surface area contributed by atoms with Crippen molar-refractivity contribution < 1.29 is 32.9 Å². The first-order chi connectivity index (χ1) is 13.7. The number of carbonyl (C=O) groups is 1. The first kappa shape index (κ1) is 22.5. The van der Waals surface area contributed by atoms with Crippen LogP contribution in [0.5, 0.6) is 5.75 Å². The van der Waals surface area contributed by atoms with Gasteiger partial charge in [-0.2, -0.15) is 13.2 Å². The third-order valence-electron chi connectivity index (χ3n) is 3.22. The van der Waals surface area contributed by atoms with E-state index in [1.807, 2.05) is 29.6 Å². The first-order valence-corrected chi connectivity index (χ1v) is 9.58. The van der Waals surface area contributed by atoms with Gasteiger partial charge in [0.05, 0.1) is 23.9 Å². The van der Waals surface area contributed by atoms with E-state index in [-0.39, 0.29) is 6.61 Å². The lowest BCUT2D eigenvalue weighted by Gasteiger charge is -1.98. The van der Waals surface area contributed by atoms with Gasteiger partial charge in [-0.25, -0.2) is 9.78 Å². The quantitative estimate of drug-likeness (QED) is 0.528. The van der Waals surface area contributed by atoms with Crippen molar-refractivity contribution in [2.75, 3.05) is 19.0 Å². The minimum absolute atomic E-state index is 0.113. The van der Waals surface area contributed by atoms with Gasteiger partial charge in [-0.3, -0.25) is 0 Å². The van der Waals surface area contributed by atoms with Crippen LogP contribution in [-0.2, 0) is 11.3 Å². The van der Waals surface area contributed by atoms with E-state index in [1.165, 1.54) is 4.88 Å². The molecule has 2 heterocycles. The van der Waals surface area contributed by atoms with Crippen LogP contribution in [-0.4, -0.2) is 41.1 Å². The summed E-state index contributed by atoms with van der Waals surface area (Å²) in [7, 11) is 1.66. The molecule has 0 amide bonds. The van der Waals surface area contributed by atoms with Crippen molar-refractivity contribution in [3.63, 3.8) is 0 Å². The van der Waals surface area contributed by atoms with Crippen LogP contribution < -0.4 is 10.1 Å². The summed E-state index contributed by atoms with van der Waals surface area (Å²) in [6.45, 7) is 0.598. The number of carboxylic acid groups (broad SMARTS) is 1. The smallest absolute Gasteiger partial charge is 0.490 e. The lowest BCUT2D eigenvalue weighted by molar-refractivity contribution is -0.192. The summed E-state index contributed by atoms with van der Waals surface area (Å²) in [6, 6.07) is 7.89. The molecule has 2 aromatic heterocycles. The number of alkyl halides is 3. The number of aliphatic carboxylic acids is 1. The van der Waals surface area contributed by atoms with Crippen LogP contribution in [0.1, 0.15) is 10.4 Å². The molecule has 3 aromatic rings. The number of ether oxygens (including phenoxy) is 1. The zero-order chi connectivity index (χ0) is 21.4. The van der Waals surface area contributed by atoms with E-state index in [2.05, 4.69) is 22.1 Å². The van der Waals surface area contributed by atoms with E-state index in [0.29, 0.717) is 6.54 Å². The molecule has 0 atom stereocenters.